The van der Waals surface area contributed by atoms with Crippen molar-refractivity contribution in [3.8, 4) is 0 Å². The quantitative estimate of drug-likeness (QED) is 0.750. The van der Waals surface area contributed by atoms with Gasteiger partial charge in [0.25, 0.3) is 0 Å². The second-order valence-corrected chi connectivity index (χ2v) is 6.65. The van der Waals surface area contributed by atoms with E-state index in [4.69, 9.17) is 0 Å². The van der Waals surface area contributed by atoms with Crippen molar-refractivity contribution in [2.45, 2.75) is 29.9 Å². The first-order chi connectivity index (χ1) is 6.48. The van der Waals surface area contributed by atoms with Crippen LogP contribution in [0.1, 0.15) is 20.3 Å². The van der Waals surface area contributed by atoms with E-state index < -0.39 is 14.6 Å². The third kappa shape index (κ3) is 1.19. The largest absolute Gasteiger partial charge is 0.223 e. The Balaban J connectivity index is 2.45. The fourth-order valence-electron chi connectivity index (χ4n) is 1.79. The zero-order valence-electron chi connectivity index (χ0n) is 8.40. The average molecular weight is 210 g/mol. The molecule has 0 amide bonds. The lowest BCUT2D eigenvalue weighted by atomic mass is 10.4. The van der Waals surface area contributed by atoms with Gasteiger partial charge in [0.2, 0.25) is 0 Å². The summed E-state index contributed by atoms with van der Waals surface area (Å²) in [6.07, 6.45) is 0.782. The minimum absolute atomic E-state index is 0.285. The molecule has 14 heavy (non-hydrogen) atoms. The Morgan fingerprint density at radius 3 is 2.21 bits per heavy atom. The molecule has 0 bridgehead atoms. The Morgan fingerprint density at radius 1 is 1.29 bits per heavy atom. The average Bonchev–Trinajstić information content (AvgIpc) is 2.78. The monoisotopic (exact) mass is 210 g/mol. The lowest BCUT2D eigenvalue weighted by molar-refractivity contribution is 0.577. The predicted octanol–water partition coefficient (Wildman–Crippen LogP) is 2.26. The van der Waals surface area contributed by atoms with E-state index >= 15 is 0 Å². The van der Waals surface area contributed by atoms with Gasteiger partial charge in [0.1, 0.15) is 0 Å². The van der Waals surface area contributed by atoms with Crippen molar-refractivity contribution in [3.63, 3.8) is 0 Å². The van der Waals surface area contributed by atoms with Gasteiger partial charge in [-0.15, -0.1) is 0 Å². The zero-order chi connectivity index (χ0) is 10.4. The Morgan fingerprint density at radius 2 is 1.79 bits per heavy atom. The van der Waals surface area contributed by atoms with Crippen LogP contribution >= 0.6 is 0 Å². The van der Waals surface area contributed by atoms with Crippen molar-refractivity contribution in [2.24, 2.45) is 5.92 Å². The van der Waals surface area contributed by atoms with Crippen LogP contribution in [0.15, 0.2) is 35.2 Å². The number of hydrogen-bond donors (Lipinski definition) is 0. The fourth-order valence-corrected chi connectivity index (χ4v) is 3.85. The normalized spacial score (nSPS) is 31.4. The van der Waals surface area contributed by atoms with Gasteiger partial charge in [0.05, 0.1) is 9.64 Å². The van der Waals surface area contributed by atoms with E-state index in [0.717, 1.165) is 6.42 Å². The molecule has 1 aromatic carbocycles. The topological polar surface area (TPSA) is 34.1 Å². The van der Waals surface area contributed by atoms with Gasteiger partial charge in [-0.05, 0) is 31.4 Å². The number of sulfone groups is 1. The van der Waals surface area contributed by atoms with E-state index in [1.165, 1.54) is 0 Å². The van der Waals surface area contributed by atoms with Crippen molar-refractivity contribution >= 4 is 9.84 Å². The fraction of sp³-hybridized carbons (Fsp3) is 0.455. The van der Waals surface area contributed by atoms with Gasteiger partial charge in [-0.25, -0.2) is 8.42 Å². The molecule has 0 N–H and O–H groups in total. The maximum atomic E-state index is 12.1. The summed E-state index contributed by atoms with van der Waals surface area (Å²) in [6.45, 7) is 3.82. The Labute approximate surface area is 84.9 Å². The second-order valence-electron chi connectivity index (χ2n) is 4.23. The van der Waals surface area contributed by atoms with E-state index in [1.54, 1.807) is 24.3 Å². The molecule has 0 saturated heterocycles. The molecule has 2 rings (SSSR count). The van der Waals surface area contributed by atoms with Gasteiger partial charge in [-0.1, -0.05) is 25.1 Å². The van der Waals surface area contributed by atoms with Crippen LogP contribution in [0.25, 0.3) is 0 Å². The molecule has 2 nitrogen and oxygen atoms in total. The van der Waals surface area contributed by atoms with E-state index in [2.05, 4.69) is 0 Å². The third-order valence-corrected chi connectivity index (χ3v) is 5.95. The molecule has 2 atom stereocenters. The Kier molecular flexibility index (Phi) is 1.96. The lowest BCUT2D eigenvalue weighted by Crippen LogP contribution is -2.21. The summed E-state index contributed by atoms with van der Waals surface area (Å²) in [5.41, 5.74) is 0. The predicted molar refractivity (Wildman–Crippen MR) is 55.8 cm³/mol. The minimum Gasteiger partial charge on any atom is -0.223 e. The standard InChI is InChI=1S/C11H14O2S/c1-9-8-11(9,2)14(12,13)10-6-4-3-5-7-10/h3-7,9H,8H2,1-2H3/t9-,11-/m1/s1. The SMILES string of the molecule is C[C@@H]1C[C@@]1(C)S(=O)(=O)c1ccccc1. The van der Waals surface area contributed by atoms with Crippen molar-refractivity contribution in [3.05, 3.63) is 30.3 Å². The van der Waals surface area contributed by atoms with Crippen LogP contribution in [0.2, 0.25) is 0 Å². The minimum atomic E-state index is -3.11. The molecule has 0 aromatic heterocycles. The molecular weight excluding hydrogens is 196 g/mol. The molecule has 1 aliphatic rings. The van der Waals surface area contributed by atoms with E-state index in [1.807, 2.05) is 19.9 Å². The summed E-state index contributed by atoms with van der Waals surface area (Å²) in [5, 5.41) is 0. The van der Waals surface area contributed by atoms with Crippen molar-refractivity contribution in [1.29, 1.82) is 0 Å². The lowest BCUT2D eigenvalue weighted by Gasteiger charge is -2.11. The first-order valence-electron chi connectivity index (χ1n) is 4.78. The van der Waals surface area contributed by atoms with E-state index in [0.29, 0.717) is 4.90 Å². The summed E-state index contributed by atoms with van der Waals surface area (Å²) in [6, 6.07) is 8.71. The molecular formula is C11H14O2S. The maximum absolute atomic E-state index is 12.1. The van der Waals surface area contributed by atoms with Gasteiger partial charge in [-0.3, -0.25) is 0 Å². The molecule has 0 aliphatic heterocycles. The molecule has 0 unspecified atom stereocenters. The highest BCUT2D eigenvalue weighted by Crippen LogP contribution is 2.51. The van der Waals surface area contributed by atoms with E-state index in [9.17, 15) is 8.42 Å². The smallest absolute Gasteiger partial charge is 0.184 e. The highest BCUT2D eigenvalue weighted by atomic mass is 32.2. The summed E-state index contributed by atoms with van der Waals surface area (Å²) >= 11 is 0. The molecule has 76 valence electrons. The molecule has 1 fully saturated rings. The van der Waals surface area contributed by atoms with Crippen LogP contribution < -0.4 is 0 Å². The maximum Gasteiger partial charge on any atom is 0.184 e. The Hall–Kier alpha value is -0.830. The van der Waals surface area contributed by atoms with Gasteiger partial charge in [0.15, 0.2) is 9.84 Å². The van der Waals surface area contributed by atoms with Gasteiger partial charge in [-0.2, -0.15) is 0 Å². The van der Waals surface area contributed by atoms with Crippen LogP contribution in [0, 0.1) is 5.92 Å². The molecule has 0 radical (unpaired) electrons. The van der Waals surface area contributed by atoms with Crippen LogP contribution in [0.5, 0.6) is 0 Å². The summed E-state index contributed by atoms with van der Waals surface area (Å²) in [4.78, 5) is 0.451. The van der Waals surface area contributed by atoms with Crippen molar-refractivity contribution < 1.29 is 8.42 Å². The van der Waals surface area contributed by atoms with Crippen LogP contribution in [0.3, 0.4) is 0 Å². The summed E-state index contributed by atoms with van der Waals surface area (Å²) in [7, 11) is -3.11. The van der Waals surface area contributed by atoms with Crippen LogP contribution in [-0.4, -0.2) is 13.2 Å². The molecule has 0 spiro atoms. The van der Waals surface area contributed by atoms with Gasteiger partial charge in [0, 0.05) is 0 Å². The van der Waals surface area contributed by atoms with Crippen LogP contribution in [-0.2, 0) is 9.84 Å². The molecule has 1 aromatic rings. The van der Waals surface area contributed by atoms with Crippen LogP contribution in [0.4, 0.5) is 0 Å². The molecule has 1 saturated carbocycles. The van der Waals surface area contributed by atoms with Crippen molar-refractivity contribution in [2.75, 3.05) is 0 Å². The summed E-state index contributed by atoms with van der Waals surface area (Å²) < 4.78 is 23.7. The number of hydrogen-bond acceptors (Lipinski definition) is 2. The van der Waals surface area contributed by atoms with Crippen molar-refractivity contribution in [1.82, 2.24) is 0 Å². The summed E-state index contributed by atoms with van der Waals surface area (Å²) in [5.74, 6) is 0.285. The van der Waals surface area contributed by atoms with E-state index in [-0.39, 0.29) is 5.92 Å². The number of rotatable bonds is 2. The Bertz CT molecular complexity index is 436. The zero-order valence-corrected chi connectivity index (χ0v) is 9.21. The van der Waals surface area contributed by atoms with Gasteiger partial charge >= 0.3 is 0 Å². The second kappa shape index (κ2) is 2.83. The highest BCUT2D eigenvalue weighted by molar-refractivity contribution is 7.93. The molecule has 3 heteroatoms. The number of benzene rings is 1. The first-order valence-corrected chi connectivity index (χ1v) is 6.26. The molecule has 1 aliphatic carbocycles. The third-order valence-electron chi connectivity index (χ3n) is 3.26. The first kappa shape index (κ1) is 9.71. The highest BCUT2D eigenvalue weighted by Gasteiger charge is 2.57. The molecule has 0 heterocycles. The van der Waals surface area contributed by atoms with Gasteiger partial charge < -0.3 is 0 Å².